The van der Waals surface area contributed by atoms with E-state index in [1.807, 2.05) is 0 Å². The van der Waals surface area contributed by atoms with Crippen LogP contribution in [0.15, 0.2) is 78.9 Å². The maximum atomic E-state index is 5.20. The summed E-state index contributed by atoms with van der Waals surface area (Å²) in [5.74, 6) is 6.05. The summed E-state index contributed by atoms with van der Waals surface area (Å²) in [6.45, 7) is 0. The monoisotopic (exact) mass is 579 g/mol. The van der Waals surface area contributed by atoms with Gasteiger partial charge in [-0.2, -0.15) is 0 Å². The Balaban J connectivity index is 1.14. The summed E-state index contributed by atoms with van der Waals surface area (Å²) in [4.78, 5) is 21.1. The predicted octanol–water partition coefficient (Wildman–Crippen LogP) is 8.41. The molecule has 3 aromatic carbocycles. The van der Waals surface area contributed by atoms with Crippen LogP contribution in [0, 0.1) is 23.7 Å². The molecule has 0 amide bonds. The van der Waals surface area contributed by atoms with Gasteiger partial charge in [0, 0.05) is 52.2 Å². The minimum atomic E-state index is 0.673. The van der Waals surface area contributed by atoms with Crippen molar-refractivity contribution in [2.75, 3.05) is 9.80 Å². The highest BCUT2D eigenvalue weighted by Gasteiger charge is 2.50. The lowest BCUT2D eigenvalue weighted by Crippen LogP contribution is -2.58. The second-order valence-electron chi connectivity index (χ2n) is 14.9. The smallest absolute Gasteiger partial charge is 0.164 e. The molecule has 4 heterocycles. The molecule has 0 radical (unpaired) electrons. The van der Waals surface area contributed by atoms with Crippen LogP contribution in [0.1, 0.15) is 64.2 Å². The highest BCUT2D eigenvalue weighted by Crippen LogP contribution is 2.54. The van der Waals surface area contributed by atoms with Gasteiger partial charge in [0.05, 0.1) is 0 Å². The Kier molecular flexibility index (Phi) is 5.75. The molecule has 1 aromatic heterocycles. The van der Waals surface area contributed by atoms with Crippen molar-refractivity contribution < 1.29 is 0 Å². The van der Waals surface area contributed by atoms with Gasteiger partial charge in [-0.05, 0) is 106 Å². The van der Waals surface area contributed by atoms with Crippen LogP contribution in [0.4, 0.5) is 11.4 Å². The van der Waals surface area contributed by atoms with Crippen LogP contribution >= 0.6 is 0 Å². The van der Waals surface area contributed by atoms with Crippen molar-refractivity contribution in [1.82, 2.24) is 15.0 Å². The number of benzene rings is 3. The van der Waals surface area contributed by atoms with Gasteiger partial charge in [-0.3, -0.25) is 0 Å². The van der Waals surface area contributed by atoms with Crippen molar-refractivity contribution in [3.8, 4) is 34.2 Å². The molecule has 4 unspecified atom stereocenters. The summed E-state index contributed by atoms with van der Waals surface area (Å²) in [5.41, 5.74) is 6.01. The first kappa shape index (κ1) is 25.6. The molecule has 4 aromatic rings. The third-order valence-corrected chi connectivity index (χ3v) is 12.4. The zero-order valence-electron chi connectivity index (χ0n) is 25.4. The van der Waals surface area contributed by atoms with Crippen LogP contribution in [0.2, 0.25) is 0 Å². The van der Waals surface area contributed by atoms with Crippen molar-refractivity contribution >= 4 is 11.4 Å². The van der Waals surface area contributed by atoms with Crippen molar-refractivity contribution in [1.29, 1.82) is 0 Å². The summed E-state index contributed by atoms with van der Waals surface area (Å²) in [6.07, 6.45) is 13.8. The maximum Gasteiger partial charge on any atom is 0.164 e. The van der Waals surface area contributed by atoms with Gasteiger partial charge < -0.3 is 9.80 Å². The molecule has 11 rings (SSSR count). The number of aromatic nitrogens is 3. The van der Waals surface area contributed by atoms with E-state index in [2.05, 4.69) is 88.7 Å². The molecular weight excluding hydrogens is 538 g/mol. The minimum absolute atomic E-state index is 0.673. The van der Waals surface area contributed by atoms with E-state index >= 15 is 0 Å². The van der Waals surface area contributed by atoms with Gasteiger partial charge in [0.2, 0.25) is 0 Å². The Bertz CT molecular complexity index is 1610. The summed E-state index contributed by atoms with van der Waals surface area (Å²) in [6, 6.07) is 31.0. The molecule has 5 heteroatoms. The number of fused-ring (bicyclic) bond motifs is 2. The molecule has 0 N–H and O–H groups in total. The molecule has 5 nitrogen and oxygen atoms in total. The summed E-state index contributed by atoms with van der Waals surface area (Å²) >= 11 is 0. The third kappa shape index (κ3) is 4.14. The van der Waals surface area contributed by atoms with E-state index in [1.165, 1.54) is 75.6 Å². The number of rotatable bonds is 5. The van der Waals surface area contributed by atoms with Crippen molar-refractivity contribution in [2.24, 2.45) is 23.7 Å². The first-order valence-electron chi connectivity index (χ1n) is 17.3. The quantitative estimate of drug-likeness (QED) is 0.238. The predicted molar refractivity (Wildman–Crippen MR) is 176 cm³/mol. The van der Waals surface area contributed by atoms with E-state index in [0.717, 1.165) is 57.8 Å². The first-order chi connectivity index (χ1) is 21.7. The fourth-order valence-corrected chi connectivity index (χ4v) is 10.8. The molecule has 7 aliphatic rings. The normalized spacial score (nSPS) is 32.9. The number of piperidine rings is 3. The summed E-state index contributed by atoms with van der Waals surface area (Å²) in [5, 5.41) is 0. The van der Waals surface area contributed by atoms with Crippen molar-refractivity contribution in [3.05, 3.63) is 78.9 Å². The molecule has 4 atom stereocenters. The number of nitrogens with zero attached hydrogens (tertiary/aromatic N) is 5. The van der Waals surface area contributed by atoms with Crippen LogP contribution in [0.25, 0.3) is 34.2 Å². The SMILES string of the molecule is c1ccc(-c2nc(-c3ccccc3)nc(-c3cc(N4C5CC6CC(C5)CC4C6)cc(N4C5CCC6CC4CC6C5)c3)n2)cc1. The lowest BCUT2D eigenvalue weighted by Gasteiger charge is -2.57. The average Bonchev–Trinajstić information content (AvgIpc) is 3.32. The highest BCUT2D eigenvalue weighted by atomic mass is 15.2. The number of anilines is 2. The molecule has 3 aliphatic heterocycles. The Morgan fingerprint density at radius 2 is 0.909 bits per heavy atom. The standard InChI is InChI=1S/C39H41N5/c1-3-7-26(8-4-1)37-40-38(27-9-5-2-6-10-27)42-39(41-37)30-21-35(43-31-12-11-28-18-34(43)20-29(28)19-31)23-36(22-30)44-32-14-24-13-25(16-32)17-33(44)15-24/h1-10,21-25,28-29,31-34H,11-20H2. The van der Waals surface area contributed by atoms with Gasteiger partial charge >= 0.3 is 0 Å². The molecule has 3 saturated heterocycles. The fraction of sp³-hybridized carbons (Fsp3) is 0.462. The van der Waals surface area contributed by atoms with Crippen molar-refractivity contribution in [3.63, 3.8) is 0 Å². The van der Waals surface area contributed by atoms with Crippen LogP contribution in [-0.2, 0) is 0 Å². The van der Waals surface area contributed by atoms with E-state index in [0.29, 0.717) is 24.2 Å². The summed E-state index contributed by atoms with van der Waals surface area (Å²) in [7, 11) is 0. The van der Waals surface area contributed by atoms with Crippen LogP contribution in [0.3, 0.4) is 0 Å². The molecule has 4 aliphatic carbocycles. The zero-order chi connectivity index (χ0) is 28.8. The van der Waals surface area contributed by atoms with Crippen LogP contribution in [-0.4, -0.2) is 39.1 Å². The largest absolute Gasteiger partial charge is 0.365 e. The minimum Gasteiger partial charge on any atom is -0.365 e. The highest BCUT2D eigenvalue weighted by molar-refractivity contribution is 5.75. The van der Waals surface area contributed by atoms with Gasteiger partial charge in [-0.25, -0.2) is 15.0 Å². The van der Waals surface area contributed by atoms with E-state index in [4.69, 9.17) is 15.0 Å². The molecule has 4 saturated carbocycles. The fourth-order valence-electron chi connectivity index (χ4n) is 10.8. The zero-order valence-corrected chi connectivity index (χ0v) is 25.4. The molecule has 7 fully saturated rings. The van der Waals surface area contributed by atoms with E-state index < -0.39 is 0 Å². The lowest BCUT2D eigenvalue weighted by molar-refractivity contribution is 0.0900. The maximum absolute atomic E-state index is 5.20. The Morgan fingerprint density at radius 3 is 1.50 bits per heavy atom. The molecular formula is C39H41N5. The average molecular weight is 580 g/mol. The van der Waals surface area contributed by atoms with E-state index in [-0.39, 0.29) is 0 Å². The summed E-state index contributed by atoms with van der Waals surface area (Å²) < 4.78 is 0. The van der Waals surface area contributed by atoms with Gasteiger partial charge in [0.1, 0.15) is 0 Å². The first-order valence-corrected chi connectivity index (χ1v) is 17.3. The van der Waals surface area contributed by atoms with Crippen LogP contribution in [0.5, 0.6) is 0 Å². The molecule has 44 heavy (non-hydrogen) atoms. The third-order valence-electron chi connectivity index (χ3n) is 12.4. The molecule has 222 valence electrons. The number of hydrogen-bond acceptors (Lipinski definition) is 5. The Hall–Kier alpha value is -3.73. The van der Waals surface area contributed by atoms with Gasteiger partial charge in [-0.15, -0.1) is 0 Å². The number of hydrogen-bond donors (Lipinski definition) is 0. The second-order valence-corrected chi connectivity index (χ2v) is 14.9. The van der Waals surface area contributed by atoms with E-state index in [1.54, 1.807) is 0 Å². The Morgan fingerprint density at radius 1 is 0.432 bits per heavy atom. The lowest BCUT2D eigenvalue weighted by atomic mass is 9.63. The molecule has 0 spiro atoms. The van der Waals surface area contributed by atoms with Crippen LogP contribution < -0.4 is 9.80 Å². The second kappa shape index (κ2) is 9.89. The van der Waals surface area contributed by atoms with Crippen molar-refractivity contribution in [2.45, 2.75) is 88.4 Å². The van der Waals surface area contributed by atoms with Gasteiger partial charge in [0.25, 0.3) is 0 Å². The Labute approximate surface area is 260 Å². The van der Waals surface area contributed by atoms with E-state index in [9.17, 15) is 0 Å². The van der Waals surface area contributed by atoms with Gasteiger partial charge in [0.15, 0.2) is 17.5 Å². The molecule has 7 bridgehead atoms. The topological polar surface area (TPSA) is 45.2 Å². The van der Waals surface area contributed by atoms with Gasteiger partial charge in [-0.1, -0.05) is 60.7 Å².